The van der Waals surface area contributed by atoms with Crippen molar-refractivity contribution in [2.24, 2.45) is 22.7 Å². The van der Waals surface area contributed by atoms with Gasteiger partial charge in [0.1, 0.15) is 0 Å². The van der Waals surface area contributed by atoms with Crippen molar-refractivity contribution in [3.05, 3.63) is 0 Å². The summed E-state index contributed by atoms with van der Waals surface area (Å²) in [7, 11) is 0. The van der Waals surface area contributed by atoms with Crippen molar-refractivity contribution in [2.75, 3.05) is 0 Å². The summed E-state index contributed by atoms with van der Waals surface area (Å²) in [6, 6.07) is 0. The van der Waals surface area contributed by atoms with E-state index in [0.29, 0.717) is 0 Å². The Labute approximate surface area is 148 Å². The monoisotopic (exact) mass is 338 g/mol. The van der Waals surface area contributed by atoms with E-state index >= 15 is 0 Å². The number of hydrogen-bond acceptors (Lipinski definition) is 2. The molecular formula is C20H38N2O2. The van der Waals surface area contributed by atoms with E-state index in [1.54, 1.807) is 10.0 Å². The van der Waals surface area contributed by atoms with Crippen LogP contribution in [-0.2, 0) is 9.59 Å². The molecule has 1 fully saturated rings. The van der Waals surface area contributed by atoms with E-state index in [1.165, 1.54) is 0 Å². The first-order valence-electron chi connectivity index (χ1n) is 8.99. The SMILES string of the molecule is CC(C)(C)C1C(=O)N(C(C)(C)C)N(C(C)(C)C)C(=O)C1C(C)(C)C. The summed E-state index contributed by atoms with van der Waals surface area (Å²) < 4.78 is 0. The summed E-state index contributed by atoms with van der Waals surface area (Å²) in [6.45, 7) is 24.4. The Hall–Kier alpha value is -1.06. The van der Waals surface area contributed by atoms with Crippen molar-refractivity contribution < 1.29 is 9.59 Å². The number of nitrogens with zero attached hydrogens (tertiary/aromatic N) is 2. The third-order valence-corrected chi connectivity index (χ3v) is 4.62. The number of carbonyl (C=O) groups excluding carboxylic acids is 2. The van der Waals surface area contributed by atoms with Crippen LogP contribution in [0.4, 0.5) is 0 Å². The van der Waals surface area contributed by atoms with Crippen molar-refractivity contribution in [1.82, 2.24) is 10.0 Å². The van der Waals surface area contributed by atoms with Crippen molar-refractivity contribution >= 4 is 11.8 Å². The molecule has 4 nitrogen and oxygen atoms in total. The molecule has 0 spiro atoms. The Morgan fingerprint density at radius 1 is 0.542 bits per heavy atom. The predicted molar refractivity (Wildman–Crippen MR) is 99.1 cm³/mol. The van der Waals surface area contributed by atoms with E-state index in [1.807, 2.05) is 41.5 Å². The third-order valence-electron chi connectivity index (χ3n) is 4.62. The topological polar surface area (TPSA) is 40.6 Å². The second-order valence-corrected chi connectivity index (χ2v) is 11.3. The molecule has 0 N–H and O–H groups in total. The van der Waals surface area contributed by atoms with E-state index in [2.05, 4.69) is 41.5 Å². The normalized spacial score (nSPS) is 24.7. The molecule has 0 radical (unpaired) electrons. The zero-order valence-corrected chi connectivity index (χ0v) is 17.9. The molecule has 0 bridgehead atoms. The van der Waals surface area contributed by atoms with Crippen LogP contribution < -0.4 is 0 Å². The number of hydrazine groups is 1. The van der Waals surface area contributed by atoms with Crippen molar-refractivity contribution in [2.45, 2.75) is 94.2 Å². The average molecular weight is 339 g/mol. The molecule has 0 saturated carbocycles. The van der Waals surface area contributed by atoms with Crippen LogP contribution in [0.2, 0.25) is 0 Å². The summed E-state index contributed by atoms with van der Waals surface area (Å²) in [6.07, 6.45) is 0. The Morgan fingerprint density at radius 3 is 0.875 bits per heavy atom. The summed E-state index contributed by atoms with van der Waals surface area (Å²) in [4.78, 5) is 27.2. The van der Waals surface area contributed by atoms with Gasteiger partial charge in [0, 0.05) is 0 Å². The highest BCUT2D eigenvalue weighted by Gasteiger charge is 2.58. The summed E-state index contributed by atoms with van der Waals surface area (Å²) in [5.74, 6) is -0.542. The van der Waals surface area contributed by atoms with E-state index < -0.39 is 11.1 Å². The van der Waals surface area contributed by atoms with Gasteiger partial charge in [-0.05, 0) is 52.4 Å². The van der Waals surface area contributed by atoms with Gasteiger partial charge < -0.3 is 0 Å². The van der Waals surface area contributed by atoms with Gasteiger partial charge in [0.25, 0.3) is 0 Å². The van der Waals surface area contributed by atoms with Gasteiger partial charge in [0.05, 0.1) is 22.9 Å². The van der Waals surface area contributed by atoms with Crippen LogP contribution in [0.3, 0.4) is 0 Å². The molecule has 4 heteroatoms. The Kier molecular flexibility index (Phi) is 5.02. The second kappa shape index (κ2) is 5.74. The van der Waals surface area contributed by atoms with Gasteiger partial charge in [-0.25, -0.2) is 10.0 Å². The van der Waals surface area contributed by atoms with E-state index in [9.17, 15) is 9.59 Å². The van der Waals surface area contributed by atoms with Crippen LogP contribution in [0.15, 0.2) is 0 Å². The molecule has 1 aliphatic rings. The smallest absolute Gasteiger partial charge is 0.246 e. The minimum Gasteiger partial charge on any atom is -0.273 e. The highest BCUT2D eigenvalue weighted by Crippen LogP contribution is 2.48. The van der Waals surface area contributed by atoms with Crippen LogP contribution in [0, 0.1) is 22.7 Å². The fourth-order valence-corrected chi connectivity index (χ4v) is 3.75. The quantitative estimate of drug-likeness (QED) is 0.653. The molecular weight excluding hydrogens is 300 g/mol. The molecule has 2 amide bonds. The molecule has 2 atom stereocenters. The van der Waals surface area contributed by atoms with Crippen LogP contribution in [0.25, 0.3) is 0 Å². The predicted octanol–water partition coefficient (Wildman–Crippen LogP) is 4.49. The number of amides is 2. The van der Waals surface area contributed by atoms with Crippen molar-refractivity contribution in [1.29, 1.82) is 0 Å². The van der Waals surface area contributed by atoms with Crippen LogP contribution in [0.1, 0.15) is 83.1 Å². The molecule has 1 aliphatic heterocycles. The van der Waals surface area contributed by atoms with Crippen molar-refractivity contribution in [3.8, 4) is 0 Å². The molecule has 0 aromatic carbocycles. The van der Waals surface area contributed by atoms with Gasteiger partial charge in [-0.3, -0.25) is 9.59 Å². The van der Waals surface area contributed by atoms with Gasteiger partial charge in [0.2, 0.25) is 11.8 Å². The zero-order chi connectivity index (χ0) is 19.5. The first kappa shape index (κ1) is 21.0. The Bertz CT molecular complexity index is 418. The number of rotatable bonds is 0. The largest absolute Gasteiger partial charge is 0.273 e. The zero-order valence-electron chi connectivity index (χ0n) is 17.9. The molecule has 0 aliphatic carbocycles. The van der Waals surface area contributed by atoms with Gasteiger partial charge in [-0.1, -0.05) is 41.5 Å². The Balaban J connectivity index is 3.69. The van der Waals surface area contributed by atoms with Crippen LogP contribution >= 0.6 is 0 Å². The minimum absolute atomic E-state index is 0.0597. The lowest BCUT2D eigenvalue weighted by molar-refractivity contribution is -0.218. The lowest BCUT2D eigenvalue weighted by atomic mass is 9.62. The van der Waals surface area contributed by atoms with Gasteiger partial charge in [-0.2, -0.15) is 0 Å². The van der Waals surface area contributed by atoms with Crippen LogP contribution in [0.5, 0.6) is 0 Å². The summed E-state index contributed by atoms with van der Waals surface area (Å²) in [5, 5.41) is 3.43. The lowest BCUT2D eigenvalue weighted by Crippen LogP contribution is -2.72. The number of carbonyl (C=O) groups is 2. The van der Waals surface area contributed by atoms with Crippen molar-refractivity contribution in [3.63, 3.8) is 0 Å². The molecule has 1 heterocycles. The molecule has 0 aromatic heterocycles. The van der Waals surface area contributed by atoms with E-state index in [4.69, 9.17) is 0 Å². The fourth-order valence-electron chi connectivity index (χ4n) is 3.75. The highest BCUT2D eigenvalue weighted by molar-refractivity contribution is 5.94. The average Bonchev–Trinajstić information content (AvgIpc) is 2.24. The fraction of sp³-hybridized carbons (Fsp3) is 0.900. The highest BCUT2D eigenvalue weighted by atomic mass is 16.2. The van der Waals surface area contributed by atoms with Gasteiger partial charge >= 0.3 is 0 Å². The number of hydrogen-bond donors (Lipinski definition) is 0. The molecule has 140 valence electrons. The van der Waals surface area contributed by atoms with E-state index in [0.717, 1.165) is 0 Å². The van der Waals surface area contributed by atoms with Gasteiger partial charge in [0.15, 0.2) is 0 Å². The standard InChI is InChI=1S/C20H38N2O2/c1-17(2,3)13-14(18(4,5)6)16(24)22(20(10,11)12)21(15(13)23)19(7,8)9/h13-14H,1-12H3. The molecule has 2 unspecified atom stereocenters. The molecule has 1 saturated heterocycles. The maximum atomic E-state index is 13.6. The maximum Gasteiger partial charge on any atom is 0.246 e. The first-order valence-corrected chi connectivity index (χ1v) is 8.99. The second-order valence-electron chi connectivity index (χ2n) is 11.3. The summed E-state index contributed by atoms with van der Waals surface area (Å²) >= 11 is 0. The maximum absolute atomic E-state index is 13.6. The molecule has 0 aromatic rings. The van der Waals surface area contributed by atoms with Crippen LogP contribution in [-0.4, -0.2) is 32.9 Å². The molecule has 24 heavy (non-hydrogen) atoms. The molecule has 1 rings (SSSR count). The Morgan fingerprint density at radius 2 is 0.750 bits per heavy atom. The third kappa shape index (κ3) is 3.78. The minimum atomic E-state index is -0.452. The van der Waals surface area contributed by atoms with Gasteiger partial charge in [-0.15, -0.1) is 0 Å². The van der Waals surface area contributed by atoms with E-state index in [-0.39, 0.29) is 34.5 Å². The first-order chi connectivity index (χ1) is 10.3. The lowest BCUT2D eigenvalue weighted by Gasteiger charge is -2.58. The summed E-state index contributed by atoms with van der Waals surface area (Å²) in [5.41, 5.74) is -1.46.